The van der Waals surface area contributed by atoms with Crippen LogP contribution in [0.1, 0.15) is 25.8 Å². The van der Waals surface area contributed by atoms with Crippen LogP contribution in [0.3, 0.4) is 0 Å². The number of hydrogen-bond donors (Lipinski definition) is 1. The molecule has 4 heteroatoms. The fourth-order valence-corrected chi connectivity index (χ4v) is 2.23. The Hall–Kier alpha value is -1.60. The number of aromatic nitrogens is 1. The summed E-state index contributed by atoms with van der Waals surface area (Å²) in [5.41, 5.74) is 6.85. The molecule has 4 nitrogen and oxygen atoms in total. The van der Waals surface area contributed by atoms with Crippen molar-refractivity contribution in [3.05, 3.63) is 23.9 Å². The van der Waals surface area contributed by atoms with Gasteiger partial charge in [0.1, 0.15) is 5.82 Å². The van der Waals surface area contributed by atoms with Crippen molar-refractivity contribution >= 4 is 5.82 Å². The lowest BCUT2D eigenvalue weighted by Crippen LogP contribution is -2.52. The molecule has 1 aromatic heterocycles. The van der Waals surface area contributed by atoms with Gasteiger partial charge in [-0.05, 0) is 24.0 Å². The van der Waals surface area contributed by atoms with Crippen molar-refractivity contribution in [1.29, 1.82) is 5.26 Å². The van der Waals surface area contributed by atoms with Crippen molar-refractivity contribution in [3.8, 4) is 6.07 Å². The molecule has 1 unspecified atom stereocenters. The Labute approximate surface area is 102 Å². The van der Waals surface area contributed by atoms with Gasteiger partial charge in [0.2, 0.25) is 0 Å². The van der Waals surface area contributed by atoms with Gasteiger partial charge >= 0.3 is 0 Å². The summed E-state index contributed by atoms with van der Waals surface area (Å²) in [6.07, 6.45) is 2.65. The highest BCUT2D eigenvalue weighted by atomic mass is 15.2. The van der Waals surface area contributed by atoms with E-state index in [1.807, 2.05) is 6.07 Å². The second kappa shape index (κ2) is 4.34. The molecule has 1 aromatic rings. The first kappa shape index (κ1) is 11.9. The van der Waals surface area contributed by atoms with Gasteiger partial charge in [-0.1, -0.05) is 13.8 Å². The van der Waals surface area contributed by atoms with Crippen molar-refractivity contribution in [3.63, 3.8) is 0 Å². The number of nitrogens with two attached hydrogens (primary N) is 1. The molecule has 17 heavy (non-hydrogen) atoms. The number of nitrogens with zero attached hydrogens (tertiary/aromatic N) is 3. The number of hydrogen-bond acceptors (Lipinski definition) is 4. The SMILES string of the molecule is CC1(C)CN(c2cc(C#N)ccn2)CCC1N. The molecule has 0 spiro atoms. The minimum atomic E-state index is 0.0859. The zero-order valence-electron chi connectivity index (χ0n) is 10.3. The van der Waals surface area contributed by atoms with E-state index in [0.29, 0.717) is 5.56 Å². The van der Waals surface area contributed by atoms with Gasteiger partial charge in [-0.25, -0.2) is 4.98 Å². The quantitative estimate of drug-likeness (QED) is 0.794. The third kappa shape index (κ3) is 2.40. The van der Waals surface area contributed by atoms with Gasteiger partial charge in [0.15, 0.2) is 0 Å². The fourth-order valence-electron chi connectivity index (χ4n) is 2.23. The molecular weight excluding hydrogens is 212 g/mol. The molecule has 0 bridgehead atoms. The molecule has 2 rings (SSSR count). The summed E-state index contributed by atoms with van der Waals surface area (Å²) in [5.74, 6) is 0.879. The highest BCUT2D eigenvalue weighted by Gasteiger charge is 2.33. The zero-order valence-corrected chi connectivity index (χ0v) is 10.3. The summed E-state index contributed by atoms with van der Waals surface area (Å²) < 4.78 is 0. The average Bonchev–Trinajstić information content (AvgIpc) is 2.32. The topological polar surface area (TPSA) is 65.9 Å². The third-order valence-electron chi connectivity index (χ3n) is 3.51. The first-order valence-corrected chi connectivity index (χ1v) is 5.89. The number of pyridine rings is 1. The van der Waals surface area contributed by atoms with Crippen LogP contribution in [0.15, 0.2) is 18.3 Å². The van der Waals surface area contributed by atoms with E-state index in [2.05, 4.69) is 29.8 Å². The second-order valence-electron chi connectivity index (χ2n) is 5.32. The van der Waals surface area contributed by atoms with Gasteiger partial charge in [-0.3, -0.25) is 0 Å². The first-order valence-electron chi connectivity index (χ1n) is 5.89. The molecule has 2 N–H and O–H groups in total. The largest absolute Gasteiger partial charge is 0.356 e. The van der Waals surface area contributed by atoms with Crippen LogP contribution in [0.25, 0.3) is 0 Å². The maximum Gasteiger partial charge on any atom is 0.129 e. The van der Waals surface area contributed by atoms with Crippen LogP contribution in [0.4, 0.5) is 5.82 Å². The number of nitriles is 1. The average molecular weight is 230 g/mol. The molecule has 1 saturated heterocycles. The van der Waals surface area contributed by atoms with Gasteiger partial charge < -0.3 is 10.6 Å². The Morgan fingerprint density at radius 2 is 2.35 bits per heavy atom. The van der Waals surface area contributed by atoms with Crippen LogP contribution >= 0.6 is 0 Å². The van der Waals surface area contributed by atoms with Crippen molar-refractivity contribution in [1.82, 2.24) is 4.98 Å². The molecule has 1 aliphatic rings. The van der Waals surface area contributed by atoms with E-state index in [1.54, 1.807) is 12.3 Å². The van der Waals surface area contributed by atoms with Crippen LogP contribution in [-0.4, -0.2) is 24.1 Å². The van der Waals surface area contributed by atoms with E-state index in [0.717, 1.165) is 25.3 Å². The number of piperidine rings is 1. The lowest BCUT2D eigenvalue weighted by atomic mass is 9.80. The van der Waals surface area contributed by atoms with E-state index < -0.39 is 0 Å². The standard InChI is InChI=1S/C13H18N4/c1-13(2)9-17(6-4-11(13)15)12-7-10(8-14)3-5-16-12/h3,5,7,11H,4,6,9,15H2,1-2H3. The van der Waals surface area contributed by atoms with E-state index in [9.17, 15) is 0 Å². The van der Waals surface area contributed by atoms with Gasteiger partial charge in [0.05, 0.1) is 11.6 Å². The molecule has 0 aromatic carbocycles. The molecule has 1 aliphatic heterocycles. The summed E-state index contributed by atoms with van der Waals surface area (Å²) in [5, 5.41) is 8.89. The van der Waals surface area contributed by atoms with Crippen molar-refractivity contribution < 1.29 is 0 Å². The summed E-state index contributed by atoms with van der Waals surface area (Å²) in [6.45, 7) is 6.15. The van der Waals surface area contributed by atoms with E-state index in [1.165, 1.54) is 0 Å². The fraction of sp³-hybridized carbons (Fsp3) is 0.538. The summed E-state index contributed by atoms with van der Waals surface area (Å²) in [7, 11) is 0. The Morgan fingerprint density at radius 3 is 3.00 bits per heavy atom. The third-order valence-corrected chi connectivity index (χ3v) is 3.51. The van der Waals surface area contributed by atoms with Crippen LogP contribution in [0.5, 0.6) is 0 Å². The van der Waals surface area contributed by atoms with Crippen LogP contribution in [-0.2, 0) is 0 Å². The van der Waals surface area contributed by atoms with E-state index in [4.69, 9.17) is 11.0 Å². The minimum absolute atomic E-state index is 0.0859. The van der Waals surface area contributed by atoms with E-state index in [-0.39, 0.29) is 11.5 Å². The highest BCUT2D eigenvalue weighted by Crippen LogP contribution is 2.30. The van der Waals surface area contributed by atoms with Gasteiger partial charge in [0.25, 0.3) is 0 Å². The first-order chi connectivity index (χ1) is 8.03. The number of anilines is 1. The molecule has 90 valence electrons. The lowest BCUT2D eigenvalue weighted by molar-refractivity contribution is 0.244. The van der Waals surface area contributed by atoms with Crippen molar-refractivity contribution in [2.45, 2.75) is 26.3 Å². The smallest absolute Gasteiger partial charge is 0.129 e. The molecule has 0 aliphatic carbocycles. The van der Waals surface area contributed by atoms with Crippen molar-refractivity contribution in [2.75, 3.05) is 18.0 Å². The maximum atomic E-state index is 8.89. The summed E-state index contributed by atoms with van der Waals surface area (Å²) >= 11 is 0. The highest BCUT2D eigenvalue weighted by molar-refractivity contribution is 5.45. The number of rotatable bonds is 1. The monoisotopic (exact) mass is 230 g/mol. The van der Waals surface area contributed by atoms with Gasteiger partial charge in [-0.2, -0.15) is 5.26 Å². The Morgan fingerprint density at radius 1 is 1.59 bits per heavy atom. The predicted octanol–water partition coefficient (Wildman–Crippen LogP) is 1.52. The Balaban J connectivity index is 2.21. The molecule has 0 amide bonds. The minimum Gasteiger partial charge on any atom is -0.356 e. The van der Waals surface area contributed by atoms with Crippen molar-refractivity contribution in [2.24, 2.45) is 11.1 Å². The molecule has 0 radical (unpaired) electrons. The van der Waals surface area contributed by atoms with Gasteiger partial charge in [-0.15, -0.1) is 0 Å². The molecule has 1 atom stereocenters. The maximum absolute atomic E-state index is 8.89. The molecular formula is C13H18N4. The summed E-state index contributed by atoms with van der Waals surface area (Å²) in [4.78, 5) is 6.55. The van der Waals surface area contributed by atoms with Crippen LogP contribution in [0, 0.1) is 16.7 Å². The van der Waals surface area contributed by atoms with Gasteiger partial charge in [0, 0.05) is 25.3 Å². The lowest BCUT2D eigenvalue weighted by Gasteiger charge is -2.43. The van der Waals surface area contributed by atoms with E-state index >= 15 is 0 Å². The van der Waals surface area contributed by atoms with Crippen LogP contribution in [0.2, 0.25) is 0 Å². The van der Waals surface area contributed by atoms with Crippen LogP contribution < -0.4 is 10.6 Å². The normalized spacial score (nSPS) is 23.2. The molecule has 0 saturated carbocycles. The second-order valence-corrected chi connectivity index (χ2v) is 5.32. The Bertz CT molecular complexity index is 447. The predicted molar refractivity (Wildman–Crippen MR) is 67.5 cm³/mol. The Kier molecular flexibility index (Phi) is 3.03. The summed E-state index contributed by atoms with van der Waals surface area (Å²) in [6, 6.07) is 5.95. The molecule has 1 fully saturated rings. The zero-order chi connectivity index (χ0) is 12.5. The molecule has 2 heterocycles.